The molecular formula is C6H8N2O11. The summed E-state index contributed by atoms with van der Waals surface area (Å²) in [6.07, 6.45) is 0. The first-order chi connectivity index (χ1) is 8.56. The zero-order valence-electron chi connectivity index (χ0n) is 8.90. The third kappa shape index (κ3) is 7.16. The maximum atomic E-state index is 10.2. The lowest BCUT2D eigenvalue weighted by molar-refractivity contribution is -0.597. The first-order valence-corrected chi connectivity index (χ1v) is 4.11. The van der Waals surface area contributed by atoms with Crippen LogP contribution in [0.3, 0.4) is 0 Å². The molecule has 0 aromatic carbocycles. The molecule has 0 spiro atoms. The zero-order valence-corrected chi connectivity index (χ0v) is 8.90. The average molecular weight is 284 g/mol. The number of nitro groups is 2. The van der Waals surface area contributed by atoms with E-state index in [9.17, 15) is 29.8 Å². The molecule has 2 atom stereocenters. The SMILES string of the molecule is O=C(O)C(C(C(=O)O)[N+](=O)[O-])[N+](=O)[O-].O=C(O)CO. The summed E-state index contributed by atoms with van der Waals surface area (Å²) in [5.41, 5.74) is 0. The molecule has 0 saturated carbocycles. The van der Waals surface area contributed by atoms with Gasteiger partial charge in [0.1, 0.15) is 6.61 Å². The standard InChI is InChI=1S/C4H4N2O8.C2H4O3/c7-3(8)1(5(11)12)2(4(9)10)6(13)14;3-1-2(4)5/h1-2H,(H,7,8)(H,9,10);3H,1H2,(H,4,5). The normalized spacial score (nSPS) is 12.3. The fourth-order valence-electron chi connectivity index (χ4n) is 0.681. The van der Waals surface area contributed by atoms with Crippen LogP contribution in [0.1, 0.15) is 0 Å². The van der Waals surface area contributed by atoms with Crippen molar-refractivity contribution in [2.24, 2.45) is 0 Å². The number of nitrogens with zero attached hydrogens (tertiary/aromatic N) is 2. The monoisotopic (exact) mass is 284 g/mol. The van der Waals surface area contributed by atoms with Crippen molar-refractivity contribution in [3.63, 3.8) is 0 Å². The molecule has 0 saturated heterocycles. The Labute approximate surface area is 103 Å². The van der Waals surface area contributed by atoms with E-state index in [0.717, 1.165) is 0 Å². The second-order valence-electron chi connectivity index (χ2n) is 2.69. The minimum atomic E-state index is -2.79. The lowest BCUT2D eigenvalue weighted by Gasteiger charge is -2.06. The Morgan fingerprint density at radius 2 is 1.11 bits per heavy atom. The summed E-state index contributed by atoms with van der Waals surface area (Å²) in [4.78, 5) is 46.5. The molecule has 0 aliphatic heterocycles. The van der Waals surface area contributed by atoms with E-state index in [-0.39, 0.29) is 0 Å². The topological polar surface area (TPSA) is 218 Å². The largest absolute Gasteiger partial charge is 0.480 e. The molecule has 0 aliphatic carbocycles. The van der Waals surface area contributed by atoms with Crippen LogP contribution in [0.15, 0.2) is 0 Å². The van der Waals surface area contributed by atoms with Crippen molar-refractivity contribution in [2.75, 3.05) is 6.61 Å². The van der Waals surface area contributed by atoms with E-state index in [2.05, 4.69) is 0 Å². The van der Waals surface area contributed by atoms with Crippen molar-refractivity contribution in [1.82, 2.24) is 0 Å². The molecule has 0 heterocycles. The Bertz CT molecular complexity index is 333. The summed E-state index contributed by atoms with van der Waals surface area (Å²) in [5, 5.41) is 51.5. The van der Waals surface area contributed by atoms with Crippen LogP contribution in [0, 0.1) is 20.2 Å². The van der Waals surface area contributed by atoms with E-state index in [1.165, 1.54) is 0 Å². The van der Waals surface area contributed by atoms with E-state index >= 15 is 0 Å². The molecule has 2 unspecified atom stereocenters. The van der Waals surface area contributed by atoms with Gasteiger partial charge in [0.15, 0.2) is 0 Å². The molecule has 4 N–H and O–H groups in total. The van der Waals surface area contributed by atoms with Gasteiger partial charge in [0.25, 0.3) is 0 Å². The van der Waals surface area contributed by atoms with E-state index in [1.54, 1.807) is 0 Å². The molecule has 0 radical (unpaired) electrons. The lowest BCUT2D eigenvalue weighted by atomic mass is 10.1. The Morgan fingerprint density at radius 3 is 1.16 bits per heavy atom. The van der Waals surface area contributed by atoms with E-state index in [4.69, 9.17) is 25.2 Å². The number of carbonyl (C=O) groups is 3. The third-order valence-electron chi connectivity index (χ3n) is 1.39. The molecule has 0 aromatic heterocycles. The minimum Gasteiger partial charge on any atom is -0.480 e. The van der Waals surface area contributed by atoms with Gasteiger partial charge in [-0.05, 0) is 0 Å². The molecule has 0 amide bonds. The molecule has 13 nitrogen and oxygen atoms in total. The highest BCUT2D eigenvalue weighted by molar-refractivity contribution is 5.83. The minimum absolute atomic E-state index is 0.778. The lowest BCUT2D eigenvalue weighted by Crippen LogP contribution is -2.49. The Balaban J connectivity index is 0. The molecule has 13 heteroatoms. The first-order valence-electron chi connectivity index (χ1n) is 4.11. The van der Waals surface area contributed by atoms with E-state index < -0.39 is 46.4 Å². The number of aliphatic hydroxyl groups is 1. The second kappa shape index (κ2) is 8.29. The highest BCUT2D eigenvalue weighted by Crippen LogP contribution is 2.03. The molecule has 0 bridgehead atoms. The second-order valence-corrected chi connectivity index (χ2v) is 2.69. The molecule has 0 rings (SSSR count). The summed E-state index contributed by atoms with van der Waals surface area (Å²) in [6.45, 7) is -0.778. The number of hydrogen-bond acceptors (Lipinski definition) is 8. The number of aliphatic hydroxyl groups excluding tert-OH is 1. The van der Waals surface area contributed by atoms with Crippen LogP contribution in [0.5, 0.6) is 0 Å². The van der Waals surface area contributed by atoms with Crippen molar-refractivity contribution in [3.05, 3.63) is 20.2 Å². The Kier molecular flexibility index (Phi) is 8.08. The van der Waals surface area contributed by atoms with Crippen LogP contribution >= 0.6 is 0 Å². The van der Waals surface area contributed by atoms with Gasteiger partial charge in [-0.15, -0.1) is 0 Å². The number of aliphatic carboxylic acids is 3. The maximum absolute atomic E-state index is 10.2. The van der Waals surface area contributed by atoms with Crippen molar-refractivity contribution in [2.45, 2.75) is 12.1 Å². The molecule has 0 aromatic rings. The first kappa shape index (κ1) is 18.5. The number of hydrogen-bond donors (Lipinski definition) is 4. The van der Waals surface area contributed by atoms with Crippen LogP contribution in [0.2, 0.25) is 0 Å². The predicted molar refractivity (Wildman–Crippen MR) is 51.6 cm³/mol. The smallest absolute Gasteiger partial charge is 0.387 e. The third-order valence-corrected chi connectivity index (χ3v) is 1.39. The van der Waals surface area contributed by atoms with Gasteiger partial charge < -0.3 is 20.4 Å². The van der Waals surface area contributed by atoms with Crippen molar-refractivity contribution < 1.29 is 44.7 Å². The number of carboxylic acid groups (broad SMARTS) is 3. The van der Waals surface area contributed by atoms with Crippen molar-refractivity contribution in [3.8, 4) is 0 Å². The Morgan fingerprint density at radius 1 is 0.895 bits per heavy atom. The number of carboxylic acids is 3. The average Bonchev–Trinajstić information content (AvgIpc) is 2.24. The molecular weight excluding hydrogens is 276 g/mol. The molecule has 0 aliphatic rings. The van der Waals surface area contributed by atoms with Gasteiger partial charge in [0, 0.05) is 9.85 Å². The molecule has 108 valence electrons. The fourth-order valence-corrected chi connectivity index (χ4v) is 0.681. The van der Waals surface area contributed by atoms with Crippen molar-refractivity contribution >= 4 is 17.9 Å². The van der Waals surface area contributed by atoms with Gasteiger partial charge in [-0.1, -0.05) is 0 Å². The van der Waals surface area contributed by atoms with Gasteiger partial charge in [-0.25, -0.2) is 14.4 Å². The molecule has 0 fully saturated rings. The van der Waals surface area contributed by atoms with Crippen LogP contribution in [0.25, 0.3) is 0 Å². The molecule has 19 heavy (non-hydrogen) atoms. The maximum Gasteiger partial charge on any atom is 0.387 e. The summed E-state index contributed by atoms with van der Waals surface area (Å²) in [6, 6.07) is -5.58. The van der Waals surface area contributed by atoms with E-state index in [0.29, 0.717) is 0 Å². The van der Waals surface area contributed by atoms with Crippen LogP contribution < -0.4 is 0 Å². The van der Waals surface area contributed by atoms with Gasteiger partial charge in [-0.3, -0.25) is 20.2 Å². The van der Waals surface area contributed by atoms with Crippen molar-refractivity contribution in [1.29, 1.82) is 0 Å². The summed E-state index contributed by atoms with van der Waals surface area (Å²) < 4.78 is 0. The summed E-state index contributed by atoms with van der Waals surface area (Å²) in [5.74, 6) is -5.52. The highest BCUT2D eigenvalue weighted by Gasteiger charge is 2.52. The van der Waals surface area contributed by atoms with Crippen LogP contribution in [-0.2, 0) is 14.4 Å². The zero-order chi connectivity index (χ0) is 15.7. The summed E-state index contributed by atoms with van der Waals surface area (Å²) in [7, 11) is 0. The quantitative estimate of drug-likeness (QED) is 0.295. The van der Waals surface area contributed by atoms with Gasteiger partial charge >= 0.3 is 30.0 Å². The summed E-state index contributed by atoms with van der Waals surface area (Å²) >= 11 is 0. The Hall–Kier alpha value is -2.83. The highest BCUT2D eigenvalue weighted by atomic mass is 16.7. The van der Waals surface area contributed by atoms with Gasteiger partial charge in [0.2, 0.25) is 0 Å². The number of rotatable bonds is 6. The fraction of sp³-hybridized carbons (Fsp3) is 0.500. The van der Waals surface area contributed by atoms with E-state index in [1.807, 2.05) is 0 Å². The van der Waals surface area contributed by atoms with Crippen LogP contribution in [0.4, 0.5) is 0 Å². The van der Waals surface area contributed by atoms with Gasteiger partial charge in [0.05, 0.1) is 0 Å². The van der Waals surface area contributed by atoms with Gasteiger partial charge in [-0.2, -0.15) is 0 Å². The predicted octanol–water partition coefficient (Wildman–Crippen LogP) is -2.49. The van der Waals surface area contributed by atoms with Crippen LogP contribution in [-0.4, -0.2) is 66.9 Å².